The second kappa shape index (κ2) is 13.2. The molecule has 0 aliphatic heterocycles. The summed E-state index contributed by atoms with van der Waals surface area (Å²) in [4.78, 5) is 28.1. The Bertz CT molecular complexity index is 1170. The molecule has 0 aromatic heterocycles. The molecule has 0 spiro atoms. The van der Waals surface area contributed by atoms with E-state index in [2.05, 4.69) is 5.32 Å². The molecule has 0 fully saturated rings. The number of halogens is 2. The number of hydrogen-bond donors (Lipinski definition) is 1. The predicted molar refractivity (Wildman–Crippen MR) is 144 cm³/mol. The molecular weight excluding hydrogens is 525 g/mol. The molecule has 0 radical (unpaired) electrons. The van der Waals surface area contributed by atoms with Crippen LogP contribution in [0.3, 0.4) is 0 Å². The quantitative estimate of drug-likeness (QED) is 0.414. The standard InChI is InChI=1S/C25H33Cl2N3O5S/c1-6-21(25(32)28-17(3)4)29(15-18-12-13-19(26)14-20(18)27)24(31)16-30(36(5,33)34)22-10-8-9-11-23(22)35-7-2/h8-14,17,21H,6-7,15-16H2,1-5H3,(H,28,32)/t21-/m1/s1. The van der Waals surface area contributed by atoms with Gasteiger partial charge in [-0.2, -0.15) is 0 Å². The molecule has 0 saturated carbocycles. The zero-order chi connectivity index (χ0) is 27.0. The zero-order valence-electron chi connectivity index (χ0n) is 21.1. The fourth-order valence-electron chi connectivity index (χ4n) is 3.67. The molecule has 2 amide bonds. The van der Waals surface area contributed by atoms with Gasteiger partial charge in [-0.1, -0.05) is 48.3 Å². The summed E-state index contributed by atoms with van der Waals surface area (Å²) >= 11 is 12.4. The fourth-order valence-corrected chi connectivity index (χ4v) is 4.99. The molecule has 0 aliphatic carbocycles. The van der Waals surface area contributed by atoms with Crippen molar-refractivity contribution in [3.63, 3.8) is 0 Å². The van der Waals surface area contributed by atoms with E-state index >= 15 is 0 Å². The van der Waals surface area contributed by atoms with Crippen molar-refractivity contribution in [1.82, 2.24) is 10.2 Å². The Kier molecular flexibility index (Phi) is 10.9. The molecule has 11 heteroatoms. The summed E-state index contributed by atoms with van der Waals surface area (Å²) in [7, 11) is -3.88. The van der Waals surface area contributed by atoms with Crippen LogP contribution in [0.4, 0.5) is 5.69 Å². The Labute approximate surface area is 223 Å². The second-order valence-electron chi connectivity index (χ2n) is 8.52. The smallest absolute Gasteiger partial charge is 0.244 e. The molecule has 8 nitrogen and oxygen atoms in total. The van der Waals surface area contributed by atoms with Crippen LogP contribution in [-0.4, -0.2) is 56.6 Å². The average molecular weight is 559 g/mol. The topological polar surface area (TPSA) is 96.0 Å². The lowest BCUT2D eigenvalue weighted by molar-refractivity contribution is -0.140. The van der Waals surface area contributed by atoms with Crippen molar-refractivity contribution in [2.75, 3.05) is 23.7 Å². The van der Waals surface area contributed by atoms with Crippen LogP contribution in [0.2, 0.25) is 10.0 Å². The maximum Gasteiger partial charge on any atom is 0.244 e. The molecule has 0 heterocycles. The summed E-state index contributed by atoms with van der Waals surface area (Å²) in [5.74, 6) is -0.579. The molecule has 0 saturated heterocycles. The first kappa shape index (κ1) is 29.7. The molecule has 0 bridgehead atoms. The van der Waals surface area contributed by atoms with Crippen LogP contribution < -0.4 is 14.4 Å². The second-order valence-corrected chi connectivity index (χ2v) is 11.3. The summed E-state index contributed by atoms with van der Waals surface area (Å²) in [6.45, 7) is 6.99. The Hall–Kier alpha value is -2.49. The van der Waals surface area contributed by atoms with Gasteiger partial charge in [-0.25, -0.2) is 8.42 Å². The number of hydrogen-bond acceptors (Lipinski definition) is 5. The summed E-state index contributed by atoms with van der Waals surface area (Å²) in [6.07, 6.45) is 1.33. The number of rotatable bonds is 12. The highest BCUT2D eigenvalue weighted by atomic mass is 35.5. The van der Waals surface area contributed by atoms with Crippen molar-refractivity contribution in [3.05, 3.63) is 58.1 Å². The van der Waals surface area contributed by atoms with Crippen molar-refractivity contribution < 1.29 is 22.7 Å². The third-order valence-electron chi connectivity index (χ3n) is 5.29. The molecule has 36 heavy (non-hydrogen) atoms. The monoisotopic (exact) mass is 557 g/mol. The lowest BCUT2D eigenvalue weighted by Gasteiger charge is -2.33. The summed E-state index contributed by atoms with van der Waals surface area (Å²) in [5, 5.41) is 3.61. The van der Waals surface area contributed by atoms with Crippen LogP contribution in [-0.2, 0) is 26.2 Å². The number of benzene rings is 2. The lowest BCUT2D eigenvalue weighted by atomic mass is 10.1. The largest absolute Gasteiger partial charge is 0.492 e. The first-order chi connectivity index (χ1) is 16.9. The van der Waals surface area contributed by atoms with Crippen LogP contribution in [0.1, 0.15) is 39.7 Å². The third-order valence-corrected chi connectivity index (χ3v) is 7.00. The van der Waals surface area contributed by atoms with E-state index in [9.17, 15) is 18.0 Å². The van der Waals surface area contributed by atoms with Crippen molar-refractivity contribution in [3.8, 4) is 5.75 Å². The van der Waals surface area contributed by atoms with Gasteiger partial charge in [-0.05, 0) is 57.0 Å². The highest BCUT2D eigenvalue weighted by Gasteiger charge is 2.33. The van der Waals surface area contributed by atoms with Gasteiger partial charge < -0.3 is 15.0 Å². The minimum absolute atomic E-state index is 0.0104. The summed E-state index contributed by atoms with van der Waals surface area (Å²) in [6, 6.07) is 10.5. The lowest BCUT2D eigenvalue weighted by Crippen LogP contribution is -2.53. The van der Waals surface area contributed by atoms with Gasteiger partial charge in [0.1, 0.15) is 18.3 Å². The Balaban J connectivity index is 2.52. The average Bonchev–Trinajstić information content (AvgIpc) is 2.78. The van der Waals surface area contributed by atoms with Crippen LogP contribution >= 0.6 is 23.2 Å². The molecule has 2 aromatic rings. The molecule has 1 atom stereocenters. The molecule has 0 aliphatic rings. The number of ether oxygens (including phenoxy) is 1. The maximum atomic E-state index is 13.7. The molecule has 2 aromatic carbocycles. The van der Waals surface area contributed by atoms with E-state index in [-0.39, 0.29) is 24.2 Å². The van der Waals surface area contributed by atoms with Gasteiger partial charge in [-0.15, -0.1) is 0 Å². The van der Waals surface area contributed by atoms with E-state index in [0.29, 0.717) is 34.4 Å². The van der Waals surface area contributed by atoms with Crippen LogP contribution in [0, 0.1) is 0 Å². The van der Waals surface area contributed by atoms with Gasteiger partial charge in [0, 0.05) is 22.6 Å². The number of amides is 2. The minimum Gasteiger partial charge on any atom is -0.492 e. The highest BCUT2D eigenvalue weighted by molar-refractivity contribution is 7.92. The fraction of sp³-hybridized carbons (Fsp3) is 0.440. The Morgan fingerprint density at radius 1 is 1.08 bits per heavy atom. The molecule has 2 rings (SSSR count). The first-order valence-electron chi connectivity index (χ1n) is 11.6. The van der Waals surface area contributed by atoms with Crippen molar-refractivity contribution in [1.29, 1.82) is 0 Å². The minimum atomic E-state index is -3.88. The highest BCUT2D eigenvalue weighted by Crippen LogP contribution is 2.30. The molecule has 0 unspecified atom stereocenters. The summed E-state index contributed by atoms with van der Waals surface area (Å²) in [5.41, 5.74) is 0.810. The van der Waals surface area contributed by atoms with Gasteiger partial charge >= 0.3 is 0 Å². The Morgan fingerprint density at radius 3 is 2.31 bits per heavy atom. The normalized spacial score (nSPS) is 12.2. The van der Waals surface area contributed by atoms with Crippen LogP contribution in [0.15, 0.2) is 42.5 Å². The Morgan fingerprint density at radius 2 is 1.75 bits per heavy atom. The molecule has 1 N–H and O–H groups in total. The number of carbonyl (C=O) groups excluding carboxylic acids is 2. The first-order valence-corrected chi connectivity index (χ1v) is 14.2. The predicted octanol–water partition coefficient (Wildman–Crippen LogP) is 4.49. The number of carbonyl (C=O) groups is 2. The number of para-hydroxylation sites is 2. The van der Waals surface area contributed by atoms with Gasteiger partial charge in [0.25, 0.3) is 0 Å². The molecule has 198 valence electrons. The number of nitrogens with one attached hydrogen (secondary N) is 1. The van der Waals surface area contributed by atoms with E-state index in [0.717, 1.165) is 10.6 Å². The van der Waals surface area contributed by atoms with Crippen molar-refractivity contribution >= 4 is 50.7 Å². The van der Waals surface area contributed by atoms with Gasteiger partial charge in [0.15, 0.2) is 0 Å². The number of nitrogens with zero attached hydrogens (tertiary/aromatic N) is 2. The number of anilines is 1. The maximum absolute atomic E-state index is 13.7. The third kappa shape index (κ3) is 8.01. The van der Waals surface area contributed by atoms with Crippen molar-refractivity contribution in [2.45, 2.75) is 52.7 Å². The van der Waals surface area contributed by atoms with E-state index < -0.39 is 28.5 Å². The van der Waals surface area contributed by atoms with E-state index in [1.165, 1.54) is 4.90 Å². The van der Waals surface area contributed by atoms with Gasteiger partial charge in [0.05, 0.1) is 18.6 Å². The summed E-state index contributed by atoms with van der Waals surface area (Å²) < 4.78 is 32.2. The van der Waals surface area contributed by atoms with Gasteiger partial charge in [-0.3, -0.25) is 13.9 Å². The van der Waals surface area contributed by atoms with Crippen molar-refractivity contribution in [2.24, 2.45) is 0 Å². The SMILES string of the molecule is CCOc1ccccc1N(CC(=O)N(Cc1ccc(Cl)cc1Cl)[C@H](CC)C(=O)NC(C)C)S(C)(=O)=O. The van der Waals surface area contributed by atoms with Crippen LogP contribution in [0.25, 0.3) is 0 Å². The van der Waals surface area contributed by atoms with Gasteiger partial charge in [0.2, 0.25) is 21.8 Å². The van der Waals surface area contributed by atoms with E-state index in [1.54, 1.807) is 56.3 Å². The number of sulfonamides is 1. The van der Waals surface area contributed by atoms with E-state index in [4.69, 9.17) is 27.9 Å². The van der Waals surface area contributed by atoms with Crippen LogP contribution in [0.5, 0.6) is 5.75 Å². The molecular formula is C25H33Cl2N3O5S. The van der Waals surface area contributed by atoms with E-state index in [1.807, 2.05) is 13.8 Å². The zero-order valence-corrected chi connectivity index (χ0v) is 23.5.